The van der Waals surface area contributed by atoms with Gasteiger partial charge in [-0.1, -0.05) is 0 Å². The van der Waals surface area contributed by atoms with Gasteiger partial charge in [-0.2, -0.15) is 0 Å². The standard InChI is InChI=1S/C6H11N3O6/c1-3-15-6(10)8(9(13)14)5(2)4-7(11)12/h5H,3-4H2,1-2H3. The van der Waals surface area contributed by atoms with Crippen LogP contribution < -0.4 is 0 Å². The minimum Gasteiger partial charge on any atom is -0.446 e. The Morgan fingerprint density at radius 2 is 2.00 bits per heavy atom. The first-order valence-electron chi connectivity index (χ1n) is 4.12. The van der Waals surface area contributed by atoms with E-state index in [9.17, 15) is 25.0 Å². The van der Waals surface area contributed by atoms with Gasteiger partial charge in [0.2, 0.25) is 6.54 Å². The molecular formula is C6H11N3O6. The first-order chi connectivity index (χ1) is 6.90. The second-order valence-corrected chi connectivity index (χ2v) is 2.65. The van der Waals surface area contributed by atoms with Gasteiger partial charge in [0.05, 0.1) is 6.61 Å². The number of ether oxygens (including phenoxy) is 1. The van der Waals surface area contributed by atoms with Crippen LogP contribution >= 0.6 is 0 Å². The molecule has 0 spiro atoms. The van der Waals surface area contributed by atoms with E-state index >= 15 is 0 Å². The lowest BCUT2D eigenvalue weighted by Gasteiger charge is -2.15. The van der Waals surface area contributed by atoms with Gasteiger partial charge in [-0.25, -0.2) is 14.9 Å². The molecule has 0 N–H and O–H groups in total. The van der Waals surface area contributed by atoms with Crippen LogP contribution in [0, 0.1) is 20.2 Å². The number of nitrogens with zero attached hydrogens (tertiary/aromatic N) is 3. The van der Waals surface area contributed by atoms with Gasteiger partial charge < -0.3 is 4.74 Å². The Hall–Kier alpha value is -1.93. The van der Waals surface area contributed by atoms with E-state index in [1.165, 1.54) is 13.8 Å². The molecular weight excluding hydrogens is 210 g/mol. The zero-order chi connectivity index (χ0) is 12.0. The lowest BCUT2D eigenvalue weighted by Crippen LogP contribution is -2.46. The van der Waals surface area contributed by atoms with Crippen molar-refractivity contribution in [3.8, 4) is 0 Å². The van der Waals surface area contributed by atoms with Crippen LogP contribution in [-0.4, -0.2) is 40.3 Å². The van der Waals surface area contributed by atoms with E-state index < -0.39 is 28.6 Å². The molecule has 0 aliphatic carbocycles. The molecule has 15 heavy (non-hydrogen) atoms. The Bertz CT molecular complexity index is 268. The number of amides is 1. The molecule has 0 fully saturated rings. The van der Waals surface area contributed by atoms with E-state index in [0.29, 0.717) is 0 Å². The maximum absolute atomic E-state index is 11.0. The van der Waals surface area contributed by atoms with Gasteiger partial charge in [0.1, 0.15) is 0 Å². The summed E-state index contributed by atoms with van der Waals surface area (Å²) >= 11 is 0. The molecule has 0 rings (SSSR count). The van der Waals surface area contributed by atoms with Crippen molar-refractivity contribution >= 4 is 6.09 Å². The molecule has 1 atom stereocenters. The summed E-state index contributed by atoms with van der Waals surface area (Å²) < 4.78 is 4.39. The van der Waals surface area contributed by atoms with Gasteiger partial charge in [0, 0.05) is 4.92 Å². The second kappa shape index (κ2) is 5.73. The fourth-order valence-corrected chi connectivity index (χ4v) is 0.890. The van der Waals surface area contributed by atoms with Crippen LogP contribution in [-0.2, 0) is 4.74 Å². The first kappa shape index (κ1) is 13.1. The molecule has 1 amide bonds. The number of hydrazine groups is 1. The molecule has 0 bridgehead atoms. The Labute approximate surface area is 84.9 Å². The summed E-state index contributed by atoms with van der Waals surface area (Å²) in [6.07, 6.45) is -1.20. The molecule has 0 heterocycles. The third-order valence-electron chi connectivity index (χ3n) is 1.46. The van der Waals surface area contributed by atoms with Crippen LogP contribution in [0.15, 0.2) is 0 Å². The van der Waals surface area contributed by atoms with E-state index in [0.717, 1.165) is 0 Å². The van der Waals surface area contributed by atoms with Gasteiger partial charge in [0.25, 0.3) is 0 Å². The fraction of sp³-hybridized carbons (Fsp3) is 0.833. The van der Waals surface area contributed by atoms with Gasteiger partial charge in [-0.15, -0.1) is 0 Å². The number of hydrogen-bond acceptors (Lipinski definition) is 6. The highest BCUT2D eigenvalue weighted by Crippen LogP contribution is 2.03. The summed E-state index contributed by atoms with van der Waals surface area (Å²) in [5.74, 6) is 0. The third-order valence-corrected chi connectivity index (χ3v) is 1.46. The van der Waals surface area contributed by atoms with Gasteiger partial charge in [-0.05, 0) is 18.9 Å². The SMILES string of the molecule is CCOC(=O)N(C(C)C[N+](=O)[O-])[N+](=O)[O-]. The van der Waals surface area contributed by atoms with Crippen molar-refractivity contribution in [2.75, 3.05) is 13.2 Å². The molecule has 0 saturated carbocycles. The van der Waals surface area contributed by atoms with Crippen LogP contribution in [0.5, 0.6) is 0 Å². The van der Waals surface area contributed by atoms with Crippen molar-refractivity contribution in [1.82, 2.24) is 5.01 Å². The molecule has 0 radical (unpaired) electrons. The van der Waals surface area contributed by atoms with Crippen molar-refractivity contribution in [1.29, 1.82) is 0 Å². The van der Waals surface area contributed by atoms with E-state index in [1.54, 1.807) is 0 Å². The summed E-state index contributed by atoms with van der Waals surface area (Å²) in [7, 11) is 0. The van der Waals surface area contributed by atoms with Gasteiger partial charge in [-0.3, -0.25) is 10.1 Å². The number of carbonyl (C=O) groups is 1. The maximum atomic E-state index is 11.0. The minimum absolute atomic E-state index is 0.0334. The van der Waals surface area contributed by atoms with Crippen LogP contribution in [0.3, 0.4) is 0 Å². The Balaban J connectivity index is 4.58. The smallest absolute Gasteiger partial charge is 0.446 e. The molecule has 9 heteroatoms. The summed E-state index contributed by atoms with van der Waals surface area (Å²) in [5, 5.41) is 19.6. The Morgan fingerprint density at radius 3 is 2.33 bits per heavy atom. The molecule has 1 unspecified atom stereocenters. The lowest BCUT2D eigenvalue weighted by molar-refractivity contribution is -0.651. The minimum atomic E-state index is -1.20. The lowest BCUT2D eigenvalue weighted by atomic mass is 10.3. The molecule has 0 aromatic rings. The van der Waals surface area contributed by atoms with E-state index in [-0.39, 0.29) is 11.6 Å². The zero-order valence-electron chi connectivity index (χ0n) is 8.28. The molecule has 86 valence electrons. The largest absolute Gasteiger partial charge is 0.468 e. The van der Waals surface area contributed by atoms with Gasteiger partial charge in [0.15, 0.2) is 11.1 Å². The fourth-order valence-electron chi connectivity index (χ4n) is 0.890. The third kappa shape index (κ3) is 4.20. The molecule has 0 aromatic carbocycles. The number of hydrogen-bond donors (Lipinski definition) is 0. The highest BCUT2D eigenvalue weighted by atomic mass is 16.7. The molecule has 0 aliphatic rings. The van der Waals surface area contributed by atoms with Crippen molar-refractivity contribution < 1.29 is 19.5 Å². The van der Waals surface area contributed by atoms with Crippen molar-refractivity contribution in [3.63, 3.8) is 0 Å². The topological polar surface area (TPSA) is 116 Å². The van der Waals surface area contributed by atoms with Crippen LogP contribution in [0.25, 0.3) is 0 Å². The van der Waals surface area contributed by atoms with E-state index in [2.05, 4.69) is 4.74 Å². The monoisotopic (exact) mass is 221 g/mol. The first-order valence-corrected chi connectivity index (χ1v) is 4.12. The molecule has 0 saturated heterocycles. The predicted molar refractivity (Wildman–Crippen MR) is 47.2 cm³/mol. The van der Waals surface area contributed by atoms with E-state index in [4.69, 9.17) is 0 Å². The quantitative estimate of drug-likeness (QED) is 0.487. The molecule has 0 aliphatic heterocycles. The number of nitro groups is 2. The highest BCUT2D eigenvalue weighted by molar-refractivity contribution is 5.66. The van der Waals surface area contributed by atoms with E-state index in [1.807, 2.05) is 0 Å². The Morgan fingerprint density at radius 1 is 1.47 bits per heavy atom. The number of carbonyl (C=O) groups excluding carboxylic acids is 1. The summed E-state index contributed by atoms with van der Waals surface area (Å²) in [6.45, 7) is 1.94. The van der Waals surface area contributed by atoms with Crippen molar-refractivity contribution in [2.45, 2.75) is 19.9 Å². The van der Waals surface area contributed by atoms with Crippen LogP contribution in [0.4, 0.5) is 4.79 Å². The maximum Gasteiger partial charge on any atom is 0.468 e. The summed E-state index contributed by atoms with van der Waals surface area (Å²) in [4.78, 5) is 30.9. The molecule has 9 nitrogen and oxygen atoms in total. The average Bonchev–Trinajstić information content (AvgIpc) is 2.01. The average molecular weight is 221 g/mol. The van der Waals surface area contributed by atoms with Gasteiger partial charge >= 0.3 is 6.09 Å². The van der Waals surface area contributed by atoms with Crippen LogP contribution in [0.1, 0.15) is 13.8 Å². The van der Waals surface area contributed by atoms with Crippen LogP contribution in [0.2, 0.25) is 0 Å². The summed E-state index contributed by atoms with van der Waals surface area (Å²) in [5.41, 5.74) is 0. The summed E-state index contributed by atoms with van der Waals surface area (Å²) in [6, 6.07) is -1.16. The normalized spacial score (nSPS) is 11.6. The second-order valence-electron chi connectivity index (χ2n) is 2.65. The number of rotatable bonds is 5. The Kier molecular flexibility index (Phi) is 4.99. The predicted octanol–water partition coefficient (Wildman–Crippen LogP) is 0.302. The highest BCUT2D eigenvalue weighted by Gasteiger charge is 2.35. The van der Waals surface area contributed by atoms with Crippen molar-refractivity contribution in [2.24, 2.45) is 0 Å². The molecule has 0 aromatic heterocycles. The zero-order valence-corrected chi connectivity index (χ0v) is 8.28. The van der Waals surface area contributed by atoms with Crippen molar-refractivity contribution in [3.05, 3.63) is 20.2 Å².